The summed E-state index contributed by atoms with van der Waals surface area (Å²) < 4.78 is 4.98. The molecule has 0 bridgehead atoms. The molecule has 0 amide bonds. The van der Waals surface area contributed by atoms with Crippen LogP contribution in [-0.4, -0.2) is 10.1 Å². The number of aryl methyl sites for hydroxylation is 1. The molecule has 14 heavy (non-hydrogen) atoms. The van der Waals surface area contributed by atoms with Gasteiger partial charge in [0.1, 0.15) is 5.82 Å². The number of anilines is 2. The van der Waals surface area contributed by atoms with Gasteiger partial charge in [-0.3, -0.25) is 5.84 Å². The fourth-order valence-electron chi connectivity index (χ4n) is 1.28. The molecule has 0 saturated carbocycles. The van der Waals surface area contributed by atoms with Crippen LogP contribution in [0.15, 0.2) is 10.6 Å². The number of nitrogens with two attached hydrogens (primary N) is 2. The zero-order valence-corrected chi connectivity index (χ0v) is 7.53. The Bertz CT molecular complexity index is 464. The van der Waals surface area contributed by atoms with Gasteiger partial charge in [-0.1, -0.05) is 5.16 Å². The van der Waals surface area contributed by atoms with E-state index in [-0.39, 0.29) is 0 Å². The molecule has 0 unspecified atom stereocenters. The van der Waals surface area contributed by atoms with E-state index in [9.17, 15) is 0 Å². The van der Waals surface area contributed by atoms with Crippen LogP contribution in [0.5, 0.6) is 0 Å². The Morgan fingerprint density at radius 1 is 1.36 bits per heavy atom. The van der Waals surface area contributed by atoms with Crippen LogP contribution in [0.25, 0.3) is 11.1 Å². The Kier molecular flexibility index (Phi) is 1.95. The third-order valence-electron chi connectivity index (χ3n) is 1.92. The summed E-state index contributed by atoms with van der Waals surface area (Å²) >= 11 is 0. The standard InChI is InChI=1S/C7H10N6O/c1-3-6-4(11-8)2-5(12-9)10-7(6)14-13-3/h2H,8-9H2,1H3,(H2,10,11,12). The molecule has 0 aromatic carbocycles. The molecule has 7 heteroatoms. The first-order valence-corrected chi connectivity index (χ1v) is 3.96. The molecule has 2 aromatic rings. The zero-order chi connectivity index (χ0) is 10.1. The van der Waals surface area contributed by atoms with E-state index in [0.29, 0.717) is 17.2 Å². The molecular formula is C7H10N6O. The van der Waals surface area contributed by atoms with E-state index in [1.165, 1.54) is 0 Å². The second-order valence-electron chi connectivity index (χ2n) is 2.79. The van der Waals surface area contributed by atoms with E-state index in [1.807, 2.05) is 6.92 Å². The van der Waals surface area contributed by atoms with Crippen molar-refractivity contribution in [2.24, 2.45) is 11.7 Å². The maximum atomic E-state index is 5.35. The average molecular weight is 194 g/mol. The summed E-state index contributed by atoms with van der Waals surface area (Å²) in [7, 11) is 0. The number of nitrogens with one attached hydrogen (secondary N) is 2. The van der Waals surface area contributed by atoms with Crippen molar-refractivity contribution in [1.82, 2.24) is 10.1 Å². The topological polar surface area (TPSA) is 115 Å². The molecular weight excluding hydrogens is 184 g/mol. The fourth-order valence-corrected chi connectivity index (χ4v) is 1.28. The Morgan fingerprint density at radius 3 is 2.79 bits per heavy atom. The molecule has 0 aliphatic rings. The molecule has 0 atom stereocenters. The summed E-state index contributed by atoms with van der Waals surface area (Å²) in [5, 5.41) is 4.53. The molecule has 74 valence electrons. The van der Waals surface area contributed by atoms with Crippen molar-refractivity contribution in [3.8, 4) is 0 Å². The summed E-state index contributed by atoms with van der Waals surface area (Å²) in [6.07, 6.45) is 0. The van der Waals surface area contributed by atoms with Crippen molar-refractivity contribution >= 4 is 22.6 Å². The lowest BCUT2D eigenvalue weighted by Crippen LogP contribution is -2.11. The van der Waals surface area contributed by atoms with Gasteiger partial charge in [0, 0.05) is 6.07 Å². The Balaban J connectivity index is 2.76. The lowest BCUT2D eigenvalue weighted by Gasteiger charge is -2.03. The Labute approximate surface area is 79.4 Å². The van der Waals surface area contributed by atoms with Crippen LogP contribution in [0.2, 0.25) is 0 Å². The van der Waals surface area contributed by atoms with Gasteiger partial charge in [-0.25, -0.2) is 5.84 Å². The highest BCUT2D eigenvalue weighted by atomic mass is 16.5. The van der Waals surface area contributed by atoms with Gasteiger partial charge >= 0.3 is 0 Å². The minimum atomic E-state index is 0.394. The number of aromatic nitrogens is 2. The van der Waals surface area contributed by atoms with Crippen molar-refractivity contribution < 1.29 is 4.52 Å². The smallest absolute Gasteiger partial charge is 0.262 e. The van der Waals surface area contributed by atoms with Crippen LogP contribution >= 0.6 is 0 Å². The van der Waals surface area contributed by atoms with Crippen LogP contribution < -0.4 is 22.5 Å². The third-order valence-corrected chi connectivity index (χ3v) is 1.92. The van der Waals surface area contributed by atoms with E-state index < -0.39 is 0 Å². The van der Waals surface area contributed by atoms with Gasteiger partial charge in [0.05, 0.1) is 16.8 Å². The van der Waals surface area contributed by atoms with Crippen LogP contribution in [0.4, 0.5) is 11.5 Å². The fraction of sp³-hybridized carbons (Fsp3) is 0.143. The highest BCUT2D eigenvalue weighted by Gasteiger charge is 2.11. The zero-order valence-electron chi connectivity index (χ0n) is 7.53. The van der Waals surface area contributed by atoms with Gasteiger partial charge in [0.25, 0.3) is 5.71 Å². The minimum absolute atomic E-state index is 0.394. The summed E-state index contributed by atoms with van der Waals surface area (Å²) in [5.74, 6) is 11.0. The molecule has 0 aliphatic heterocycles. The monoisotopic (exact) mass is 194 g/mol. The normalized spacial score (nSPS) is 10.5. The van der Waals surface area contributed by atoms with Gasteiger partial charge in [-0.15, -0.1) is 0 Å². The summed E-state index contributed by atoms with van der Waals surface area (Å²) in [6, 6.07) is 1.67. The minimum Gasteiger partial charge on any atom is -0.335 e. The predicted molar refractivity (Wildman–Crippen MR) is 52.2 cm³/mol. The molecule has 0 spiro atoms. The van der Waals surface area contributed by atoms with E-state index in [2.05, 4.69) is 21.0 Å². The lowest BCUT2D eigenvalue weighted by atomic mass is 10.2. The van der Waals surface area contributed by atoms with E-state index >= 15 is 0 Å². The number of hydrogen-bond acceptors (Lipinski definition) is 7. The van der Waals surface area contributed by atoms with Crippen molar-refractivity contribution in [2.45, 2.75) is 6.92 Å². The highest BCUT2D eigenvalue weighted by molar-refractivity contribution is 5.91. The number of hydrazine groups is 2. The van der Waals surface area contributed by atoms with E-state index in [0.717, 1.165) is 11.1 Å². The van der Waals surface area contributed by atoms with Gasteiger partial charge in [-0.2, -0.15) is 4.98 Å². The maximum Gasteiger partial charge on any atom is 0.262 e. The van der Waals surface area contributed by atoms with Gasteiger partial charge in [0.2, 0.25) is 0 Å². The third kappa shape index (κ3) is 1.15. The van der Waals surface area contributed by atoms with Crippen LogP contribution in [0.3, 0.4) is 0 Å². The molecule has 2 rings (SSSR count). The SMILES string of the molecule is Cc1noc2nc(NN)cc(NN)c12. The predicted octanol–water partition coefficient (Wildman–Crippen LogP) is 0.102. The second kappa shape index (κ2) is 3.13. The van der Waals surface area contributed by atoms with E-state index in [4.69, 9.17) is 16.2 Å². The molecule has 0 saturated heterocycles. The first-order valence-electron chi connectivity index (χ1n) is 3.96. The van der Waals surface area contributed by atoms with Gasteiger partial charge in [-0.05, 0) is 6.92 Å². The maximum absolute atomic E-state index is 5.35. The van der Waals surface area contributed by atoms with Crippen LogP contribution in [-0.2, 0) is 0 Å². The number of nitrogens with zero attached hydrogens (tertiary/aromatic N) is 2. The van der Waals surface area contributed by atoms with Crippen LogP contribution in [0, 0.1) is 6.92 Å². The molecule has 6 N–H and O–H groups in total. The molecule has 0 fully saturated rings. The first-order chi connectivity index (χ1) is 6.76. The number of fused-ring (bicyclic) bond motifs is 1. The quantitative estimate of drug-likeness (QED) is 0.396. The van der Waals surface area contributed by atoms with Crippen molar-refractivity contribution in [2.75, 3.05) is 10.9 Å². The van der Waals surface area contributed by atoms with Gasteiger partial charge in [0.15, 0.2) is 0 Å². The molecule has 2 heterocycles. The number of pyridine rings is 1. The average Bonchev–Trinajstić information content (AvgIpc) is 2.59. The summed E-state index contributed by atoms with van der Waals surface area (Å²) in [5.41, 5.74) is 6.73. The van der Waals surface area contributed by atoms with Crippen molar-refractivity contribution in [3.05, 3.63) is 11.8 Å². The number of nitrogen functional groups attached to an aromatic ring is 2. The molecule has 0 radical (unpaired) electrons. The van der Waals surface area contributed by atoms with Crippen LogP contribution in [0.1, 0.15) is 5.69 Å². The lowest BCUT2D eigenvalue weighted by molar-refractivity contribution is 0.443. The highest BCUT2D eigenvalue weighted by Crippen LogP contribution is 2.26. The molecule has 7 nitrogen and oxygen atoms in total. The summed E-state index contributed by atoms with van der Waals surface area (Å²) in [4.78, 5) is 4.06. The Hall–Kier alpha value is -1.86. The summed E-state index contributed by atoms with van der Waals surface area (Å²) in [6.45, 7) is 1.81. The molecule has 2 aromatic heterocycles. The largest absolute Gasteiger partial charge is 0.335 e. The Morgan fingerprint density at radius 2 is 2.14 bits per heavy atom. The van der Waals surface area contributed by atoms with Crippen molar-refractivity contribution in [1.29, 1.82) is 0 Å². The number of rotatable bonds is 2. The molecule has 0 aliphatic carbocycles. The first kappa shape index (κ1) is 8.73. The van der Waals surface area contributed by atoms with Gasteiger partial charge < -0.3 is 15.4 Å². The van der Waals surface area contributed by atoms with Crippen molar-refractivity contribution in [3.63, 3.8) is 0 Å². The second-order valence-corrected chi connectivity index (χ2v) is 2.79. The van der Waals surface area contributed by atoms with E-state index in [1.54, 1.807) is 6.07 Å². The number of hydrogen-bond donors (Lipinski definition) is 4.